The summed E-state index contributed by atoms with van der Waals surface area (Å²) in [6.45, 7) is 3.08. The molecule has 1 aliphatic carbocycles. The lowest BCUT2D eigenvalue weighted by Gasteiger charge is -2.14. The van der Waals surface area contributed by atoms with Crippen LogP contribution in [0.5, 0.6) is 0 Å². The van der Waals surface area contributed by atoms with Gasteiger partial charge in [0.25, 0.3) is 0 Å². The van der Waals surface area contributed by atoms with Gasteiger partial charge in [0.1, 0.15) is 5.78 Å². The van der Waals surface area contributed by atoms with Crippen molar-refractivity contribution in [1.29, 1.82) is 0 Å². The van der Waals surface area contributed by atoms with Crippen LogP contribution in [-0.2, 0) is 9.53 Å². The molecule has 0 bridgehead atoms. The SMILES string of the molecule is CC1OCCC1SCCC1CCCC1=O. The Bertz CT molecular complexity index is 230. The number of ether oxygens (including phenoxy) is 1. The van der Waals surface area contributed by atoms with E-state index in [-0.39, 0.29) is 0 Å². The zero-order chi connectivity index (χ0) is 10.7. The van der Waals surface area contributed by atoms with Crippen LogP contribution in [0.4, 0.5) is 0 Å². The number of Topliss-reactive ketones (excluding diaryl/α,β-unsaturated/α-hetero) is 1. The highest BCUT2D eigenvalue weighted by Gasteiger charge is 2.27. The average Bonchev–Trinajstić information content (AvgIpc) is 2.78. The molecule has 15 heavy (non-hydrogen) atoms. The Labute approximate surface area is 96.1 Å². The van der Waals surface area contributed by atoms with Gasteiger partial charge in [0.05, 0.1) is 6.10 Å². The largest absolute Gasteiger partial charge is 0.377 e. The van der Waals surface area contributed by atoms with Crippen LogP contribution in [-0.4, -0.2) is 29.5 Å². The number of ketones is 1. The predicted molar refractivity (Wildman–Crippen MR) is 63.2 cm³/mol. The van der Waals surface area contributed by atoms with Crippen molar-refractivity contribution in [2.24, 2.45) is 5.92 Å². The molecule has 0 amide bonds. The number of rotatable bonds is 4. The molecule has 1 saturated heterocycles. The number of carbonyl (C=O) groups is 1. The Morgan fingerprint density at radius 3 is 2.93 bits per heavy atom. The minimum absolute atomic E-state index is 0.384. The molecule has 2 nitrogen and oxygen atoms in total. The summed E-state index contributed by atoms with van der Waals surface area (Å²) in [6.07, 6.45) is 5.78. The summed E-state index contributed by atoms with van der Waals surface area (Å²) in [5.74, 6) is 2.02. The molecule has 2 aliphatic rings. The van der Waals surface area contributed by atoms with E-state index in [9.17, 15) is 4.79 Å². The van der Waals surface area contributed by atoms with Gasteiger partial charge in [0.15, 0.2) is 0 Å². The zero-order valence-electron chi connectivity index (χ0n) is 9.41. The Morgan fingerprint density at radius 2 is 2.33 bits per heavy atom. The number of hydrogen-bond acceptors (Lipinski definition) is 3. The fourth-order valence-electron chi connectivity index (χ4n) is 2.49. The van der Waals surface area contributed by atoms with Crippen LogP contribution in [0.3, 0.4) is 0 Å². The molecule has 0 N–H and O–H groups in total. The summed E-state index contributed by atoms with van der Waals surface area (Å²) in [5.41, 5.74) is 0. The van der Waals surface area contributed by atoms with Crippen LogP contribution in [0.1, 0.15) is 39.0 Å². The molecule has 1 aliphatic heterocycles. The fraction of sp³-hybridized carbons (Fsp3) is 0.917. The molecule has 3 heteroatoms. The standard InChI is InChI=1S/C12H20O2S/c1-9-12(5-7-14-9)15-8-6-10-3-2-4-11(10)13/h9-10,12H,2-8H2,1H3. The lowest BCUT2D eigenvalue weighted by Crippen LogP contribution is -2.15. The number of thioether (sulfide) groups is 1. The van der Waals surface area contributed by atoms with E-state index in [2.05, 4.69) is 6.92 Å². The first-order valence-electron chi connectivity index (χ1n) is 6.03. The van der Waals surface area contributed by atoms with Gasteiger partial charge in [-0.3, -0.25) is 4.79 Å². The molecular formula is C12H20O2S. The first-order valence-corrected chi connectivity index (χ1v) is 7.08. The molecule has 0 aromatic rings. The predicted octanol–water partition coefficient (Wildman–Crippen LogP) is 2.66. The van der Waals surface area contributed by atoms with E-state index in [1.165, 1.54) is 6.42 Å². The minimum Gasteiger partial charge on any atom is -0.377 e. The maximum atomic E-state index is 11.4. The van der Waals surface area contributed by atoms with Gasteiger partial charge in [-0.15, -0.1) is 0 Å². The van der Waals surface area contributed by atoms with Crippen LogP contribution in [0, 0.1) is 5.92 Å². The quantitative estimate of drug-likeness (QED) is 0.740. The molecule has 2 rings (SSSR count). The van der Waals surface area contributed by atoms with E-state index >= 15 is 0 Å². The van der Waals surface area contributed by atoms with Gasteiger partial charge < -0.3 is 4.74 Å². The van der Waals surface area contributed by atoms with Gasteiger partial charge in [-0.2, -0.15) is 11.8 Å². The summed E-state index contributed by atoms with van der Waals surface area (Å²) in [4.78, 5) is 11.4. The molecule has 3 atom stereocenters. The van der Waals surface area contributed by atoms with E-state index in [1.54, 1.807) is 0 Å². The zero-order valence-corrected chi connectivity index (χ0v) is 10.2. The third-order valence-corrected chi connectivity index (χ3v) is 5.05. The van der Waals surface area contributed by atoms with Crippen molar-refractivity contribution in [2.75, 3.05) is 12.4 Å². The van der Waals surface area contributed by atoms with E-state index in [0.717, 1.165) is 38.0 Å². The van der Waals surface area contributed by atoms with Crippen LogP contribution in [0.15, 0.2) is 0 Å². The Hall–Kier alpha value is -0.0200. The van der Waals surface area contributed by atoms with Crippen molar-refractivity contribution in [3.63, 3.8) is 0 Å². The molecule has 0 spiro atoms. The highest BCUT2D eigenvalue weighted by molar-refractivity contribution is 7.99. The molecule has 0 aromatic carbocycles. The van der Waals surface area contributed by atoms with Gasteiger partial charge in [-0.1, -0.05) is 0 Å². The van der Waals surface area contributed by atoms with Crippen LogP contribution in [0.2, 0.25) is 0 Å². The van der Waals surface area contributed by atoms with Gasteiger partial charge >= 0.3 is 0 Å². The number of carbonyl (C=O) groups excluding carboxylic acids is 1. The highest BCUT2D eigenvalue weighted by atomic mass is 32.2. The van der Waals surface area contributed by atoms with E-state index in [1.807, 2.05) is 11.8 Å². The lowest BCUT2D eigenvalue weighted by atomic mass is 10.1. The molecule has 3 unspecified atom stereocenters. The van der Waals surface area contributed by atoms with Gasteiger partial charge in [0, 0.05) is 24.2 Å². The molecule has 2 fully saturated rings. The highest BCUT2D eigenvalue weighted by Crippen LogP contribution is 2.30. The topological polar surface area (TPSA) is 26.3 Å². The van der Waals surface area contributed by atoms with Crippen molar-refractivity contribution in [3.05, 3.63) is 0 Å². The van der Waals surface area contributed by atoms with E-state index in [4.69, 9.17) is 4.74 Å². The second-order valence-electron chi connectivity index (χ2n) is 4.62. The second kappa shape index (κ2) is 5.35. The maximum Gasteiger partial charge on any atom is 0.136 e. The smallest absolute Gasteiger partial charge is 0.136 e. The molecule has 1 heterocycles. The van der Waals surface area contributed by atoms with Crippen LogP contribution < -0.4 is 0 Å². The van der Waals surface area contributed by atoms with E-state index < -0.39 is 0 Å². The lowest BCUT2D eigenvalue weighted by molar-refractivity contribution is -0.120. The Balaban J connectivity index is 1.64. The van der Waals surface area contributed by atoms with Crippen molar-refractivity contribution < 1.29 is 9.53 Å². The summed E-state index contributed by atoms with van der Waals surface area (Å²) in [5, 5.41) is 0.668. The van der Waals surface area contributed by atoms with Crippen molar-refractivity contribution in [3.8, 4) is 0 Å². The Morgan fingerprint density at radius 1 is 1.47 bits per heavy atom. The maximum absolute atomic E-state index is 11.4. The second-order valence-corrected chi connectivity index (χ2v) is 5.97. The first kappa shape index (κ1) is 11.5. The summed E-state index contributed by atoms with van der Waals surface area (Å²) < 4.78 is 5.52. The molecule has 1 saturated carbocycles. The van der Waals surface area contributed by atoms with E-state index in [0.29, 0.717) is 23.1 Å². The average molecular weight is 228 g/mol. The molecular weight excluding hydrogens is 208 g/mol. The monoisotopic (exact) mass is 228 g/mol. The van der Waals surface area contributed by atoms with Gasteiger partial charge in [-0.05, 0) is 38.4 Å². The fourth-order valence-corrected chi connectivity index (χ4v) is 3.82. The summed E-state index contributed by atoms with van der Waals surface area (Å²) >= 11 is 2.00. The molecule has 86 valence electrons. The molecule has 0 aromatic heterocycles. The number of hydrogen-bond donors (Lipinski definition) is 0. The van der Waals surface area contributed by atoms with Crippen molar-refractivity contribution in [2.45, 2.75) is 50.4 Å². The van der Waals surface area contributed by atoms with Crippen molar-refractivity contribution >= 4 is 17.5 Å². The van der Waals surface area contributed by atoms with Crippen LogP contribution >= 0.6 is 11.8 Å². The van der Waals surface area contributed by atoms with Gasteiger partial charge in [-0.25, -0.2) is 0 Å². The summed E-state index contributed by atoms with van der Waals surface area (Å²) in [6, 6.07) is 0. The third kappa shape index (κ3) is 2.97. The van der Waals surface area contributed by atoms with Gasteiger partial charge in [0.2, 0.25) is 0 Å². The van der Waals surface area contributed by atoms with Crippen molar-refractivity contribution in [1.82, 2.24) is 0 Å². The Kier molecular flexibility index (Phi) is 4.09. The summed E-state index contributed by atoms with van der Waals surface area (Å²) in [7, 11) is 0. The normalized spacial score (nSPS) is 36.3. The third-order valence-electron chi connectivity index (χ3n) is 3.54. The first-order chi connectivity index (χ1) is 7.27. The molecule has 0 radical (unpaired) electrons. The van der Waals surface area contributed by atoms with Crippen LogP contribution in [0.25, 0.3) is 0 Å². The minimum atomic E-state index is 0.384.